The molecule has 0 N–H and O–H groups in total. The van der Waals surface area contributed by atoms with Crippen LogP contribution in [0.3, 0.4) is 0 Å². The first kappa shape index (κ1) is 20.8. The molecule has 0 radical (unpaired) electrons. The zero-order chi connectivity index (χ0) is 21.4. The normalized spacial score (nSPS) is 17.9. The molecule has 2 aromatic carbocycles. The Morgan fingerprint density at radius 2 is 1.60 bits per heavy atom. The van der Waals surface area contributed by atoms with Crippen LogP contribution in [0.2, 0.25) is 10.0 Å². The molecular formula is C23H22Cl2N2O3. The summed E-state index contributed by atoms with van der Waals surface area (Å²) in [4.78, 5) is 30.4. The zero-order valence-corrected chi connectivity index (χ0v) is 18.3. The molecule has 2 aliphatic rings. The maximum absolute atomic E-state index is 13.6. The molecule has 0 aliphatic carbocycles. The third kappa shape index (κ3) is 3.68. The van der Waals surface area contributed by atoms with Crippen molar-refractivity contribution >= 4 is 46.3 Å². The lowest BCUT2D eigenvalue weighted by Crippen LogP contribution is -2.38. The number of anilines is 1. The fourth-order valence-electron chi connectivity index (χ4n) is 4.04. The van der Waals surface area contributed by atoms with Gasteiger partial charge in [-0.15, -0.1) is 0 Å². The first-order chi connectivity index (χ1) is 14.4. The zero-order valence-electron chi connectivity index (χ0n) is 16.8. The second-order valence-corrected chi connectivity index (χ2v) is 8.54. The van der Waals surface area contributed by atoms with Gasteiger partial charge in [-0.05, 0) is 43.0 Å². The number of ether oxygens (including phenoxy) is 1. The van der Waals surface area contributed by atoms with Gasteiger partial charge < -0.3 is 9.64 Å². The minimum atomic E-state index is -0.406. The van der Waals surface area contributed by atoms with Crippen molar-refractivity contribution in [2.75, 3.05) is 25.1 Å². The number of carbonyl (C=O) groups is 2. The lowest BCUT2D eigenvalue weighted by Gasteiger charge is -2.32. The van der Waals surface area contributed by atoms with Crippen molar-refractivity contribution in [1.82, 2.24) is 4.90 Å². The molecule has 156 valence electrons. The van der Waals surface area contributed by atoms with Gasteiger partial charge in [-0.25, -0.2) is 4.90 Å². The van der Waals surface area contributed by atoms with E-state index < -0.39 is 5.91 Å². The van der Waals surface area contributed by atoms with Crippen molar-refractivity contribution in [1.29, 1.82) is 0 Å². The van der Waals surface area contributed by atoms with Crippen molar-refractivity contribution in [2.45, 2.75) is 19.8 Å². The SMILES string of the molecule is COc1ccccc1C1=C(N2CCC(C)CC2)C(=O)N(c2cc(Cl)cc(Cl)c2)C1=O. The van der Waals surface area contributed by atoms with E-state index in [-0.39, 0.29) is 5.91 Å². The first-order valence-corrected chi connectivity index (χ1v) is 10.6. The average Bonchev–Trinajstić information content (AvgIpc) is 2.98. The van der Waals surface area contributed by atoms with Crippen LogP contribution in [0.4, 0.5) is 5.69 Å². The number of amides is 2. The maximum Gasteiger partial charge on any atom is 0.282 e. The lowest BCUT2D eigenvalue weighted by molar-refractivity contribution is -0.120. The Morgan fingerprint density at radius 3 is 2.23 bits per heavy atom. The number of para-hydroxylation sites is 1. The number of carbonyl (C=O) groups excluding carboxylic acids is 2. The highest BCUT2D eigenvalue weighted by atomic mass is 35.5. The summed E-state index contributed by atoms with van der Waals surface area (Å²) in [6, 6.07) is 12.0. The number of benzene rings is 2. The number of nitrogens with zero attached hydrogens (tertiary/aromatic N) is 2. The van der Waals surface area contributed by atoms with E-state index in [0.29, 0.717) is 44.2 Å². The number of likely N-dealkylation sites (tertiary alicyclic amines) is 1. The predicted molar refractivity (Wildman–Crippen MR) is 119 cm³/mol. The molecular weight excluding hydrogens is 423 g/mol. The van der Waals surface area contributed by atoms with E-state index in [9.17, 15) is 9.59 Å². The Bertz CT molecular complexity index is 1020. The van der Waals surface area contributed by atoms with E-state index in [4.69, 9.17) is 27.9 Å². The highest BCUT2D eigenvalue weighted by Gasteiger charge is 2.44. The Morgan fingerprint density at radius 1 is 0.967 bits per heavy atom. The number of rotatable bonds is 4. The van der Waals surface area contributed by atoms with Gasteiger partial charge in [0.2, 0.25) is 0 Å². The molecule has 7 heteroatoms. The largest absolute Gasteiger partial charge is 0.496 e. The minimum absolute atomic E-state index is 0.350. The van der Waals surface area contributed by atoms with Crippen molar-refractivity contribution in [2.24, 2.45) is 5.92 Å². The fraction of sp³-hybridized carbons (Fsp3) is 0.304. The van der Waals surface area contributed by atoms with E-state index in [0.717, 1.165) is 30.8 Å². The topological polar surface area (TPSA) is 49.9 Å². The smallest absolute Gasteiger partial charge is 0.282 e. The van der Waals surface area contributed by atoms with Crippen LogP contribution in [-0.4, -0.2) is 36.9 Å². The second kappa shape index (κ2) is 8.32. The third-order valence-electron chi connectivity index (χ3n) is 5.64. The van der Waals surface area contributed by atoms with Gasteiger partial charge in [0.25, 0.3) is 11.8 Å². The minimum Gasteiger partial charge on any atom is -0.496 e. The van der Waals surface area contributed by atoms with Crippen LogP contribution < -0.4 is 9.64 Å². The van der Waals surface area contributed by atoms with Gasteiger partial charge in [-0.3, -0.25) is 9.59 Å². The van der Waals surface area contributed by atoms with Crippen LogP contribution in [0.1, 0.15) is 25.3 Å². The molecule has 0 atom stereocenters. The Labute approximate surface area is 185 Å². The Balaban J connectivity index is 1.86. The number of hydrogen-bond donors (Lipinski definition) is 0. The monoisotopic (exact) mass is 444 g/mol. The van der Waals surface area contributed by atoms with Gasteiger partial charge >= 0.3 is 0 Å². The molecule has 0 bridgehead atoms. The number of imide groups is 1. The van der Waals surface area contributed by atoms with Crippen LogP contribution in [0.15, 0.2) is 48.2 Å². The van der Waals surface area contributed by atoms with Gasteiger partial charge in [0.15, 0.2) is 0 Å². The molecule has 30 heavy (non-hydrogen) atoms. The van der Waals surface area contributed by atoms with Gasteiger partial charge in [0.05, 0.1) is 18.4 Å². The Kier molecular flexibility index (Phi) is 5.76. The average molecular weight is 445 g/mol. The predicted octanol–water partition coefficient (Wildman–Crippen LogP) is 5.02. The van der Waals surface area contributed by atoms with E-state index in [1.807, 2.05) is 17.0 Å². The van der Waals surface area contributed by atoms with E-state index in [1.165, 1.54) is 0 Å². The molecule has 5 nitrogen and oxygen atoms in total. The molecule has 2 aliphatic heterocycles. The summed E-state index contributed by atoms with van der Waals surface area (Å²) < 4.78 is 5.50. The summed E-state index contributed by atoms with van der Waals surface area (Å²) >= 11 is 12.3. The van der Waals surface area contributed by atoms with Crippen LogP contribution in [0.25, 0.3) is 5.57 Å². The molecule has 1 saturated heterocycles. The van der Waals surface area contributed by atoms with Gasteiger partial charge in [-0.1, -0.05) is 48.3 Å². The number of hydrogen-bond acceptors (Lipinski definition) is 4. The summed E-state index contributed by atoms with van der Waals surface area (Å²) in [5.74, 6) is 0.361. The molecule has 2 heterocycles. The van der Waals surface area contributed by atoms with Crippen molar-refractivity contribution < 1.29 is 14.3 Å². The molecule has 4 rings (SSSR count). The van der Waals surface area contributed by atoms with Gasteiger partial charge in [-0.2, -0.15) is 0 Å². The highest BCUT2D eigenvalue weighted by Crippen LogP contribution is 2.40. The molecule has 1 fully saturated rings. The fourth-order valence-corrected chi connectivity index (χ4v) is 4.56. The summed E-state index contributed by atoms with van der Waals surface area (Å²) in [6.45, 7) is 3.64. The summed E-state index contributed by atoms with van der Waals surface area (Å²) in [6.07, 6.45) is 1.93. The van der Waals surface area contributed by atoms with Crippen molar-refractivity contribution in [3.63, 3.8) is 0 Å². The summed E-state index contributed by atoms with van der Waals surface area (Å²) in [5, 5.41) is 0.717. The first-order valence-electron chi connectivity index (χ1n) is 9.88. The standard InChI is InChI=1S/C23H22Cl2N2O3/c1-14-7-9-26(10-8-14)21-20(18-5-3-4-6-19(18)30-2)22(28)27(23(21)29)17-12-15(24)11-16(25)13-17/h3-6,11-14H,7-10H2,1-2H3. The van der Waals surface area contributed by atoms with Gasteiger partial charge in [0, 0.05) is 28.7 Å². The van der Waals surface area contributed by atoms with E-state index in [2.05, 4.69) is 6.92 Å². The van der Waals surface area contributed by atoms with Gasteiger partial charge in [0.1, 0.15) is 11.4 Å². The quantitative estimate of drug-likeness (QED) is 0.621. The van der Waals surface area contributed by atoms with E-state index in [1.54, 1.807) is 37.4 Å². The number of halogens is 2. The molecule has 0 aromatic heterocycles. The third-order valence-corrected chi connectivity index (χ3v) is 6.08. The van der Waals surface area contributed by atoms with Crippen LogP contribution in [0, 0.1) is 5.92 Å². The summed E-state index contributed by atoms with van der Waals surface area (Å²) in [7, 11) is 1.55. The molecule has 2 amide bonds. The highest BCUT2D eigenvalue weighted by molar-refractivity contribution is 6.46. The van der Waals surface area contributed by atoms with Crippen LogP contribution in [-0.2, 0) is 9.59 Å². The van der Waals surface area contributed by atoms with E-state index >= 15 is 0 Å². The number of methoxy groups -OCH3 is 1. The molecule has 0 saturated carbocycles. The molecule has 2 aromatic rings. The second-order valence-electron chi connectivity index (χ2n) is 7.67. The molecule has 0 spiro atoms. The van der Waals surface area contributed by atoms with Crippen LogP contribution >= 0.6 is 23.2 Å². The molecule has 0 unspecified atom stereocenters. The Hall–Kier alpha value is -2.50. The summed E-state index contributed by atoms with van der Waals surface area (Å²) in [5.41, 5.74) is 1.72. The van der Waals surface area contributed by atoms with Crippen molar-refractivity contribution in [3.8, 4) is 5.75 Å². The maximum atomic E-state index is 13.6. The lowest BCUT2D eigenvalue weighted by atomic mass is 9.97. The van der Waals surface area contributed by atoms with Crippen molar-refractivity contribution in [3.05, 3.63) is 63.8 Å². The number of piperidine rings is 1. The van der Waals surface area contributed by atoms with Crippen LogP contribution in [0.5, 0.6) is 5.75 Å².